The van der Waals surface area contributed by atoms with Crippen LogP contribution in [0.5, 0.6) is 0 Å². The van der Waals surface area contributed by atoms with Gasteiger partial charge in [-0.2, -0.15) is 0 Å². The van der Waals surface area contributed by atoms with Gasteiger partial charge in [0, 0.05) is 32.0 Å². The molecule has 1 aliphatic rings. The lowest BCUT2D eigenvalue weighted by atomic mass is 10.1. The molecule has 1 atom stereocenters. The molecule has 6 heteroatoms. The molecule has 0 spiro atoms. The van der Waals surface area contributed by atoms with E-state index in [0.29, 0.717) is 0 Å². The Hall–Kier alpha value is -1.43. The van der Waals surface area contributed by atoms with Crippen LogP contribution in [0.25, 0.3) is 0 Å². The minimum absolute atomic E-state index is 0.0181. The highest BCUT2D eigenvalue weighted by molar-refractivity contribution is 5.78. The maximum absolute atomic E-state index is 11.9. The summed E-state index contributed by atoms with van der Waals surface area (Å²) in [6.07, 6.45) is 2.16. The van der Waals surface area contributed by atoms with Crippen molar-refractivity contribution in [2.24, 2.45) is 11.8 Å². The minimum Gasteiger partial charge on any atom is -0.346 e. The molecule has 2 heterocycles. The van der Waals surface area contributed by atoms with E-state index in [-0.39, 0.29) is 17.9 Å². The van der Waals surface area contributed by atoms with E-state index in [2.05, 4.69) is 38.8 Å². The molecule has 23 heavy (non-hydrogen) atoms. The van der Waals surface area contributed by atoms with Crippen molar-refractivity contribution >= 4 is 5.91 Å². The van der Waals surface area contributed by atoms with Crippen LogP contribution in [-0.4, -0.2) is 45.2 Å². The van der Waals surface area contributed by atoms with Crippen LogP contribution in [0.4, 0.5) is 0 Å². The van der Waals surface area contributed by atoms with Crippen molar-refractivity contribution in [3.63, 3.8) is 0 Å². The SMILES string of the molecule is CC(C)CCN1CCc2nnc([C@@H](C)NC(=O)C(C)C)n2CC1. The molecule has 0 fully saturated rings. The van der Waals surface area contributed by atoms with Crippen molar-refractivity contribution in [1.29, 1.82) is 0 Å². The average Bonchev–Trinajstić information content (AvgIpc) is 2.78. The molecule has 0 radical (unpaired) electrons. The highest BCUT2D eigenvalue weighted by Gasteiger charge is 2.23. The predicted molar refractivity (Wildman–Crippen MR) is 91.0 cm³/mol. The Morgan fingerprint density at radius 1 is 1.13 bits per heavy atom. The third-order valence-corrected chi connectivity index (χ3v) is 4.44. The number of carbonyl (C=O) groups excluding carboxylic acids is 1. The van der Waals surface area contributed by atoms with E-state index in [4.69, 9.17) is 0 Å². The minimum atomic E-state index is -0.103. The van der Waals surface area contributed by atoms with Crippen LogP contribution in [0, 0.1) is 11.8 Å². The van der Waals surface area contributed by atoms with Gasteiger partial charge in [-0.25, -0.2) is 0 Å². The number of hydrogen-bond acceptors (Lipinski definition) is 4. The Labute approximate surface area is 139 Å². The zero-order valence-electron chi connectivity index (χ0n) is 15.2. The number of rotatable bonds is 6. The van der Waals surface area contributed by atoms with Crippen LogP contribution < -0.4 is 5.32 Å². The number of amides is 1. The summed E-state index contributed by atoms with van der Waals surface area (Å²) in [6.45, 7) is 14.4. The Kier molecular flexibility index (Phi) is 6.16. The Morgan fingerprint density at radius 3 is 2.52 bits per heavy atom. The van der Waals surface area contributed by atoms with Gasteiger partial charge in [0.2, 0.25) is 5.91 Å². The van der Waals surface area contributed by atoms with Crippen LogP contribution in [0.2, 0.25) is 0 Å². The van der Waals surface area contributed by atoms with Crippen LogP contribution >= 0.6 is 0 Å². The maximum Gasteiger partial charge on any atom is 0.223 e. The highest BCUT2D eigenvalue weighted by Crippen LogP contribution is 2.16. The maximum atomic E-state index is 11.9. The predicted octanol–water partition coefficient (Wildman–Crippen LogP) is 2.02. The van der Waals surface area contributed by atoms with Crippen molar-refractivity contribution < 1.29 is 4.79 Å². The van der Waals surface area contributed by atoms with Gasteiger partial charge in [-0.15, -0.1) is 10.2 Å². The lowest BCUT2D eigenvalue weighted by molar-refractivity contribution is -0.124. The Morgan fingerprint density at radius 2 is 1.87 bits per heavy atom. The number of aromatic nitrogens is 3. The third kappa shape index (κ3) is 4.77. The normalized spacial score (nSPS) is 17.2. The average molecular weight is 321 g/mol. The summed E-state index contributed by atoms with van der Waals surface area (Å²) in [6, 6.07) is -0.103. The van der Waals surface area contributed by atoms with E-state index in [1.54, 1.807) is 0 Å². The molecule has 1 aliphatic heterocycles. The van der Waals surface area contributed by atoms with Gasteiger partial charge >= 0.3 is 0 Å². The zero-order chi connectivity index (χ0) is 17.0. The van der Waals surface area contributed by atoms with Gasteiger partial charge in [-0.05, 0) is 25.8 Å². The first-order chi connectivity index (χ1) is 10.9. The number of nitrogens with zero attached hydrogens (tertiary/aromatic N) is 4. The fraction of sp³-hybridized carbons (Fsp3) is 0.824. The van der Waals surface area contributed by atoms with Gasteiger partial charge in [0.25, 0.3) is 0 Å². The fourth-order valence-electron chi connectivity index (χ4n) is 2.82. The Balaban J connectivity index is 2.00. The first kappa shape index (κ1) is 17.9. The highest BCUT2D eigenvalue weighted by atomic mass is 16.1. The Bertz CT molecular complexity index is 523. The fourth-order valence-corrected chi connectivity index (χ4v) is 2.82. The van der Waals surface area contributed by atoms with Gasteiger partial charge in [0.1, 0.15) is 5.82 Å². The molecule has 0 saturated carbocycles. The van der Waals surface area contributed by atoms with Gasteiger partial charge < -0.3 is 14.8 Å². The molecular formula is C17H31N5O. The summed E-state index contributed by atoms with van der Waals surface area (Å²) in [4.78, 5) is 14.4. The van der Waals surface area contributed by atoms with Crippen molar-refractivity contribution in [3.05, 3.63) is 11.6 Å². The lowest BCUT2D eigenvalue weighted by Crippen LogP contribution is -2.32. The second kappa shape index (κ2) is 7.90. The summed E-state index contributed by atoms with van der Waals surface area (Å²) in [5.74, 6) is 2.69. The number of hydrogen-bond donors (Lipinski definition) is 1. The first-order valence-electron chi connectivity index (χ1n) is 8.83. The topological polar surface area (TPSA) is 63.1 Å². The van der Waals surface area contributed by atoms with E-state index < -0.39 is 0 Å². The second-order valence-corrected chi connectivity index (χ2v) is 7.29. The van der Waals surface area contributed by atoms with Crippen molar-refractivity contribution in [2.75, 3.05) is 19.6 Å². The monoisotopic (exact) mass is 321 g/mol. The number of fused-ring (bicyclic) bond motifs is 1. The van der Waals surface area contributed by atoms with Crippen molar-refractivity contribution in [2.45, 2.75) is 60.0 Å². The van der Waals surface area contributed by atoms with Crippen LogP contribution in [0.15, 0.2) is 0 Å². The molecule has 6 nitrogen and oxygen atoms in total. The second-order valence-electron chi connectivity index (χ2n) is 7.29. The molecule has 130 valence electrons. The van der Waals surface area contributed by atoms with E-state index >= 15 is 0 Å². The van der Waals surface area contributed by atoms with E-state index in [9.17, 15) is 4.79 Å². The quantitative estimate of drug-likeness (QED) is 0.870. The lowest BCUT2D eigenvalue weighted by Gasteiger charge is -2.21. The molecule has 0 unspecified atom stereocenters. The van der Waals surface area contributed by atoms with Crippen LogP contribution in [0.3, 0.4) is 0 Å². The summed E-state index contributed by atoms with van der Waals surface area (Å²) >= 11 is 0. The van der Waals surface area contributed by atoms with Gasteiger partial charge in [-0.3, -0.25) is 4.79 Å². The standard InChI is InChI=1S/C17H31N5O/c1-12(2)6-8-21-9-7-15-19-20-16(22(15)11-10-21)14(5)18-17(23)13(3)4/h12-14H,6-11H2,1-5H3,(H,18,23)/t14-/m1/s1. The molecule has 2 rings (SSSR count). The summed E-state index contributed by atoms with van der Waals surface area (Å²) in [5, 5.41) is 11.7. The molecular weight excluding hydrogens is 290 g/mol. The summed E-state index contributed by atoms with van der Waals surface area (Å²) < 4.78 is 2.20. The molecule has 1 N–H and O–H groups in total. The molecule has 0 aliphatic carbocycles. The molecule has 1 aromatic heterocycles. The third-order valence-electron chi connectivity index (χ3n) is 4.44. The summed E-state index contributed by atoms with van der Waals surface area (Å²) in [5.41, 5.74) is 0. The van der Waals surface area contributed by atoms with Crippen molar-refractivity contribution in [1.82, 2.24) is 25.0 Å². The van der Waals surface area contributed by atoms with Crippen LogP contribution in [-0.2, 0) is 17.8 Å². The van der Waals surface area contributed by atoms with E-state index in [0.717, 1.165) is 50.2 Å². The molecule has 1 amide bonds. The molecule has 0 saturated heterocycles. The molecule has 1 aromatic rings. The molecule has 0 bridgehead atoms. The largest absolute Gasteiger partial charge is 0.346 e. The summed E-state index contributed by atoms with van der Waals surface area (Å²) in [7, 11) is 0. The van der Waals surface area contributed by atoms with Gasteiger partial charge in [0.05, 0.1) is 6.04 Å². The first-order valence-corrected chi connectivity index (χ1v) is 8.83. The van der Waals surface area contributed by atoms with E-state index in [1.807, 2.05) is 20.8 Å². The van der Waals surface area contributed by atoms with Crippen LogP contribution in [0.1, 0.15) is 58.7 Å². The molecule has 0 aromatic carbocycles. The smallest absolute Gasteiger partial charge is 0.223 e. The number of nitrogens with one attached hydrogen (secondary N) is 1. The number of carbonyl (C=O) groups is 1. The van der Waals surface area contributed by atoms with Gasteiger partial charge in [-0.1, -0.05) is 27.7 Å². The van der Waals surface area contributed by atoms with Gasteiger partial charge in [0.15, 0.2) is 5.82 Å². The van der Waals surface area contributed by atoms with E-state index in [1.165, 1.54) is 6.42 Å². The van der Waals surface area contributed by atoms with Crippen molar-refractivity contribution in [3.8, 4) is 0 Å². The zero-order valence-corrected chi connectivity index (χ0v) is 15.2.